The lowest BCUT2D eigenvalue weighted by Gasteiger charge is -2.23. The van der Waals surface area contributed by atoms with Gasteiger partial charge in [-0.2, -0.15) is 10.5 Å². The fraction of sp³-hybridized carbons (Fsp3) is 0.357. The molecule has 0 saturated carbocycles. The summed E-state index contributed by atoms with van der Waals surface area (Å²) in [5.74, 6) is -2.31. The molecule has 1 aromatic carbocycles. The highest BCUT2D eigenvalue weighted by molar-refractivity contribution is 5.73. The minimum atomic E-state index is -0.874. The van der Waals surface area contributed by atoms with Crippen molar-refractivity contribution < 1.29 is 9.53 Å². The standard InChI is InChI=1S/C14H14N2O2/c1-10(14(17)18-2)13(12(8-15)9-16)11-6-4-3-5-7-11/h3-7,10,12-13H,1-2H3/t10-,13+/m0/s1. The van der Waals surface area contributed by atoms with E-state index in [4.69, 9.17) is 15.3 Å². The van der Waals surface area contributed by atoms with Crippen LogP contribution in [0.4, 0.5) is 0 Å². The summed E-state index contributed by atoms with van der Waals surface area (Å²) in [5, 5.41) is 18.1. The maximum absolute atomic E-state index is 11.6. The third kappa shape index (κ3) is 2.87. The van der Waals surface area contributed by atoms with Crippen LogP contribution in [0.5, 0.6) is 0 Å². The first-order chi connectivity index (χ1) is 8.65. The third-order valence-electron chi connectivity index (χ3n) is 2.93. The topological polar surface area (TPSA) is 73.9 Å². The minimum Gasteiger partial charge on any atom is -0.469 e. The smallest absolute Gasteiger partial charge is 0.309 e. The molecular weight excluding hydrogens is 228 g/mol. The molecule has 0 fully saturated rings. The Hall–Kier alpha value is -2.33. The van der Waals surface area contributed by atoms with Crippen molar-refractivity contribution in [2.24, 2.45) is 11.8 Å². The van der Waals surface area contributed by atoms with E-state index in [1.165, 1.54) is 7.11 Å². The predicted molar refractivity (Wildman–Crippen MR) is 65.1 cm³/mol. The van der Waals surface area contributed by atoms with E-state index in [-0.39, 0.29) is 0 Å². The van der Waals surface area contributed by atoms with Gasteiger partial charge < -0.3 is 4.74 Å². The van der Waals surface area contributed by atoms with E-state index in [2.05, 4.69) is 0 Å². The Bertz CT molecular complexity index is 471. The van der Waals surface area contributed by atoms with Crippen LogP contribution in [0.25, 0.3) is 0 Å². The van der Waals surface area contributed by atoms with Crippen molar-refractivity contribution in [1.82, 2.24) is 0 Å². The van der Waals surface area contributed by atoms with Gasteiger partial charge in [-0.05, 0) is 5.56 Å². The van der Waals surface area contributed by atoms with Gasteiger partial charge in [0.2, 0.25) is 0 Å². The molecule has 0 saturated heterocycles. The van der Waals surface area contributed by atoms with E-state index in [1.807, 2.05) is 42.5 Å². The summed E-state index contributed by atoms with van der Waals surface area (Å²) in [6.07, 6.45) is 0. The maximum Gasteiger partial charge on any atom is 0.309 e. The molecular formula is C14H14N2O2. The summed E-state index contributed by atoms with van der Waals surface area (Å²) in [4.78, 5) is 11.6. The quantitative estimate of drug-likeness (QED) is 0.759. The van der Waals surface area contributed by atoms with Gasteiger partial charge in [-0.3, -0.25) is 4.79 Å². The Morgan fingerprint density at radius 1 is 1.22 bits per heavy atom. The van der Waals surface area contributed by atoms with Crippen LogP contribution < -0.4 is 0 Å². The average Bonchev–Trinajstić information content (AvgIpc) is 2.43. The van der Waals surface area contributed by atoms with Crippen molar-refractivity contribution in [3.05, 3.63) is 35.9 Å². The van der Waals surface area contributed by atoms with Crippen molar-refractivity contribution in [1.29, 1.82) is 10.5 Å². The largest absolute Gasteiger partial charge is 0.469 e. The van der Waals surface area contributed by atoms with Crippen LogP contribution in [0.1, 0.15) is 18.4 Å². The van der Waals surface area contributed by atoms with Gasteiger partial charge in [0, 0.05) is 5.92 Å². The van der Waals surface area contributed by atoms with E-state index in [9.17, 15) is 4.79 Å². The summed E-state index contributed by atoms with van der Waals surface area (Å²) in [5.41, 5.74) is 0.795. The number of carbonyl (C=O) groups excluding carboxylic acids is 1. The van der Waals surface area contributed by atoms with Crippen molar-refractivity contribution in [3.8, 4) is 12.1 Å². The molecule has 4 heteroatoms. The zero-order chi connectivity index (χ0) is 13.5. The zero-order valence-electron chi connectivity index (χ0n) is 10.3. The number of rotatable bonds is 4. The second-order valence-electron chi connectivity index (χ2n) is 3.98. The lowest BCUT2D eigenvalue weighted by Crippen LogP contribution is -2.25. The number of nitrogens with zero attached hydrogens (tertiary/aromatic N) is 2. The first kappa shape index (κ1) is 13.7. The van der Waals surface area contributed by atoms with Gasteiger partial charge in [0.1, 0.15) is 5.92 Å². The van der Waals surface area contributed by atoms with Gasteiger partial charge in [-0.25, -0.2) is 0 Å². The van der Waals surface area contributed by atoms with Crippen LogP contribution >= 0.6 is 0 Å². The van der Waals surface area contributed by atoms with Crippen molar-refractivity contribution in [2.45, 2.75) is 12.8 Å². The summed E-state index contributed by atoms with van der Waals surface area (Å²) in [7, 11) is 1.30. The molecule has 1 rings (SSSR count). The van der Waals surface area contributed by atoms with Crippen LogP contribution in [-0.4, -0.2) is 13.1 Å². The fourth-order valence-corrected chi connectivity index (χ4v) is 1.97. The number of ether oxygens (including phenoxy) is 1. The molecule has 2 atom stereocenters. The molecule has 1 aromatic rings. The molecule has 0 aliphatic carbocycles. The second kappa shape index (κ2) is 6.42. The first-order valence-corrected chi connectivity index (χ1v) is 5.57. The molecule has 0 heterocycles. The number of benzene rings is 1. The van der Waals surface area contributed by atoms with Crippen molar-refractivity contribution >= 4 is 5.97 Å². The predicted octanol–water partition coefficient (Wildman–Crippen LogP) is 2.24. The second-order valence-corrected chi connectivity index (χ2v) is 3.98. The van der Waals surface area contributed by atoms with Crippen LogP contribution in [0.2, 0.25) is 0 Å². The Morgan fingerprint density at radius 2 is 1.78 bits per heavy atom. The zero-order valence-corrected chi connectivity index (χ0v) is 10.3. The lowest BCUT2D eigenvalue weighted by molar-refractivity contribution is -0.145. The van der Waals surface area contributed by atoms with Crippen molar-refractivity contribution in [2.75, 3.05) is 7.11 Å². The average molecular weight is 242 g/mol. The molecule has 92 valence electrons. The summed E-state index contributed by atoms with van der Waals surface area (Å²) >= 11 is 0. The normalized spacial score (nSPS) is 13.2. The van der Waals surface area contributed by atoms with Crippen molar-refractivity contribution in [3.63, 3.8) is 0 Å². The molecule has 0 aliphatic rings. The molecule has 18 heavy (non-hydrogen) atoms. The Kier molecular flexibility index (Phi) is 4.90. The molecule has 0 amide bonds. The summed E-state index contributed by atoms with van der Waals surface area (Å²) in [6.45, 7) is 1.67. The summed E-state index contributed by atoms with van der Waals surface area (Å²) < 4.78 is 4.70. The molecule has 0 unspecified atom stereocenters. The number of hydrogen-bond acceptors (Lipinski definition) is 4. The minimum absolute atomic E-state index is 0.417. The Balaban J connectivity index is 3.16. The molecule has 0 bridgehead atoms. The molecule has 0 aromatic heterocycles. The Morgan fingerprint density at radius 3 is 2.22 bits per heavy atom. The SMILES string of the molecule is COC(=O)[C@@H](C)[C@H](c1ccccc1)C(C#N)C#N. The number of nitriles is 2. The van der Waals surface area contributed by atoms with Crippen LogP contribution in [0.3, 0.4) is 0 Å². The highest BCUT2D eigenvalue weighted by Gasteiger charge is 2.33. The van der Waals surface area contributed by atoms with E-state index in [1.54, 1.807) is 6.92 Å². The van der Waals surface area contributed by atoms with E-state index >= 15 is 0 Å². The van der Waals surface area contributed by atoms with Crippen LogP contribution in [-0.2, 0) is 9.53 Å². The number of carbonyl (C=O) groups is 1. The Labute approximate surface area is 106 Å². The van der Waals surface area contributed by atoms with Gasteiger partial charge in [0.25, 0.3) is 0 Å². The number of esters is 1. The van der Waals surface area contributed by atoms with Gasteiger partial charge in [-0.1, -0.05) is 37.3 Å². The van der Waals surface area contributed by atoms with Gasteiger partial charge in [0.15, 0.2) is 0 Å². The third-order valence-corrected chi connectivity index (χ3v) is 2.93. The molecule has 4 nitrogen and oxygen atoms in total. The first-order valence-electron chi connectivity index (χ1n) is 5.57. The molecule has 0 N–H and O–H groups in total. The maximum atomic E-state index is 11.6. The van der Waals surface area contributed by atoms with Crippen LogP contribution in [0, 0.1) is 34.5 Å². The van der Waals surface area contributed by atoms with E-state index in [0.29, 0.717) is 0 Å². The molecule has 0 aliphatic heterocycles. The highest BCUT2D eigenvalue weighted by atomic mass is 16.5. The fourth-order valence-electron chi connectivity index (χ4n) is 1.97. The van der Waals surface area contributed by atoms with E-state index < -0.39 is 23.7 Å². The van der Waals surface area contributed by atoms with Gasteiger partial charge >= 0.3 is 5.97 Å². The molecule has 0 spiro atoms. The highest BCUT2D eigenvalue weighted by Crippen LogP contribution is 2.32. The van der Waals surface area contributed by atoms with Gasteiger partial charge in [-0.15, -0.1) is 0 Å². The monoisotopic (exact) mass is 242 g/mol. The number of hydrogen-bond donors (Lipinski definition) is 0. The summed E-state index contributed by atoms with van der Waals surface area (Å²) in [6, 6.07) is 13.0. The van der Waals surface area contributed by atoms with E-state index in [0.717, 1.165) is 5.56 Å². The van der Waals surface area contributed by atoms with Crippen LogP contribution in [0.15, 0.2) is 30.3 Å². The lowest BCUT2D eigenvalue weighted by atomic mass is 9.79. The number of methoxy groups -OCH3 is 1. The van der Waals surface area contributed by atoms with Gasteiger partial charge in [0.05, 0.1) is 25.2 Å². The molecule has 0 radical (unpaired) electrons.